The number of halogens is 1. The smallest absolute Gasteiger partial charge is 0.101 e. The van der Waals surface area contributed by atoms with E-state index in [1.54, 1.807) is 0 Å². The van der Waals surface area contributed by atoms with Crippen LogP contribution in [0.1, 0.15) is 33.1 Å². The summed E-state index contributed by atoms with van der Waals surface area (Å²) in [5, 5.41) is 0. The van der Waals surface area contributed by atoms with Crippen molar-refractivity contribution in [2.45, 2.75) is 39.3 Å². The summed E-state index contributed by atoms with van der Waals surface area (Å²) in [6.07, 6.45) is 2.39. The van der Waals surface area contributed by atoms with E-state index in [1.807, 2.05) is 0 Å². The van der Waals surface area contributed by atoms with Crippen LogP contribution in [-0.2, 0) is 0 Å². The molecule has 0 aromatic carbocycles. The Kier molecular flexibility index (Phi) is 2.09. The molecule has 0 aromatic rings. The van der Waals surface area contributed by atoms with Crippen LogP contribution in [0, 0.1) is 11.8 Å². The van der Waals surface area contributed by atoms with Crippen LogP contribution in [0.5, 0.6) is 0 Å². The summed E-state index contributed by atoms with van der Waals surface area (Å²) in [6.45, 7) is 4.40. The predicted molar refractivity (Wildman–Crippen MR) is 37.1 cm³/mol. The zero-order chi connectivity index (χ0) is 6.85. The average molecular weight is 130 g/mol. The third-order valence-electron chi connectivity index (χ3n) is 2.57. The molecule has 9 heavy (non-hydrogen) atoms. The van der Waals surface area contributed by atoms with E-state index in [-0.39, 0.29) is 0 Å². The second kappa shape index (κ2) is 2.68. The SMILES string of the molecule is CCC(C)[C@H]1C[C@@H](F)C1. The molecule has 1 fully saturated rings. The van der Waals surface area contributed by atoms with Crippen LogP contribution in [0.4, 0.5) is 4.39 Å². The minimum Gasteiger partial charge on any atom is -0.247 e. The lowest BCUT2D eigenvalue weighted by Gasteiger charge is -2.34. The van der Waals surface area contributed by atoms with Crippen LogP contribution in [0.2, 0.25) is 0 Å². The highest BCUT2D eigenvalue weighted by Gasteiger charge is 2.31. The monoisotopic (exact) mass is 130 g/mol. The van der Waals surface area contributed by atoms with Crippen LogP contribution in [0.25, 0.3) is 0 Å². The van der Waals surface area contributed by atoms with Gasteiger partial charge in [0, 0.05) is 0 Å². The van der Waals surface area contributed by atoms with Gasteiger partial charge in [0.2, 0.25) is 0 Å². The Morgan fingerprint density at radius 3 is 2.44 bits per heavy atom. The van der Waals surface area contributed by atoms with Crippen LogP contribution in [-0.4, -0.2) is 6.17 Å². The van der Waals surface area contributed by atoms with Gasteiger partial charge in [0.15, 0.2) is 0 Å². The summed E-state index contributed by atoms with van der Waals surface area (Å²) in [5.41, 5.74) is 0. The minimum atomic E-state index is -0.469. The molecule has 0 N–H and O–H groups in total. The molecule has 0 spiro atoms. The average Bonchev–Trinajstić information content (AvgIpc) is 1.79. The van der Waals surface area contributed by atoms with Gasteiger partial charge in [0.1, 0.15) is 6.17 Å². The van der Waals surface area contributed by atoms with Gasteiger partial charge in [-0.2, -0.15) is 0 Å². The maximum atomic E-state index is 12.3. The molecule has 0 aromatic heterocycles. The molecular weight excluding hydrogens is 115 g/mol. The molecule has 1 aliphatic rings. The van der Waals surface area contributed by atoms with E-state index >= 15 is 0 Å². The molecule has 54 valence electrons. The van der Waals surface area contributed by atoms with E-state index in [0.717, 1.165) is 18.8 Å². The number of hydrogen-bond acceptors (Lipinski definition) is 0. The third kappa shape index (κ3) is 1.44. The normalized spacial score (nSPS) is 37.7. The van der Waals surface area contributed by atoms with Gasteiger partial charge in [-0.15, -0.1) is 0 Å². The maximum Gasteiger partial charge on any atom is 0.101 e. The Labute approximate surface area is 56.5 Å². The second-order valence-corrected chi connectivity index (χ2v) is 3.21. The molecule has 1 unspecified atom stereocenters. The zero-order valence-electron chi connectivity index (χ0n) is 6.23. The molecule has 0 nitrogen and oxygen atoms in total. The standard InChI is InChI=1S/C8H15F/c1-3-6(2)7-4-8(9)5-7/h6-8H,3-5H2,1-2H3/t6?,7-,8+. The molecule has 0 radical (unpaired) electrons. The van der Waals surface area contributed by atoms with Crippen molar-refractivity contribution < 1.29 is 4.39 Å². The highest BCUT2D eigenvalue weighted by atomic mass is 19.1. The fraction of sp³-hybridized carbons (Fsp3) is 1.00. The first kappa shape index (κ1) is 7.04. The van der Waals surface area contributed by atoms with E-state index in [2.05, 4.69) is 13.8 Å². The van der Waals surface area contributed by atoms with E-state index in [1.165, 1.54) is 6.42 Å². The molecular formula is C8H15F. The Balaban J connectivity index is 2.15. The Hall–Kier alpha value is -0.0700. The van der Waals surface area contributed by atoms with Crippen molar-refractivity contribution in [2.24, 2.45) is 11.8 Å². The van der Waals surface area contributed by atoms with E-state index in [4.69, 9.17) is 0 Å². The maximum absolute atomic E-state index is 12.3. The molecule has 0 bridgehead atoms. The summed E-state index contributed by atoms with van der Waals surface area (Å²) in [6, 6.07) is 0. The van der Waals surface area contributed by atoms with Crippen LogP contribution in [0.15, 0.2) is 0 Å². The van der Waals surface area contributed by atoms with E-state index in [9.17, 15) is 4.39 Å². The topological polar surface area (TPSA) is 0 Å². The fourth-order valence-corrected chi connectivity index (χ4v) is 1.39. The zero-order valence-corrected chi connectivity index (χ0v) is 6.23. The van der Waals surface area contributed by atoms with Gasteiger partial charge in [0.05, 0.1) is 0 Å². The number of rotatable bonds is 2. The summed E-state index contributed by atoms with van der Waals surface area (Å²) in [5.74, 6) is 1.45. The van der Waals surface area contributed by atoms with Crippen molar-refractivity contribution in [3.8, 4) is 0 Å². The summed E-state index contributed by atoms with van der Waals surface area (Å²) >= 11 is 0. The van der Waals surface area contributed by atoms with Crippen molar-refractivity contribution >= 4 is 0 Å². The van der Waals surface area contributed by atoms with Gasteiger partial charge in [-0.25, -0.2) is 4.39 Å². The first-order valence-corrected chi connectivity index (χ1v) is 3.88. The largest absolute Gasteiger partial charge is 0.247 e. The third-order valence-corrected chi connectivity index (χ3v) is 2.57. The van der Waals surface area contributed by atoms with Crippen LogP contribution < -0.4 is 0 Å². The quantitative estimate of drug-likeness (QED) is 0.539. The molecule has 0 heterocycles. The molecule has 1 atom stereocenters. The van der Waals surface area contributed by atoms with Gasteiger partial charge in [0.25, 0.3) is 0 Å². The first-order chi connectivity index (χ1) is 4.24. The summed E-state index contributed by atoms with van der Waals surface area (Å²) in [4.78, 5) is 0. The lowest BCUT2D eigenvalue weighted by atomic mass is 9.74. The van der Waals surface area contributed by atoms with E-state index < -0.39 is 6.17 Å². The van der Waals surface area contributed by atoms with E-state index in [0.29, 0.717) is 5.92 Å². The summed E-state index contributed by atoms with van der Waals surface area (Å²) < 4.78 is 12.3. The van der Waals surface area contributed by atoms with Crippen molar-refractivity contribution in [3.63, 3.8) is 0 Å². The highest BCUT2D eigenvalue weighted by molar-refractivity contribution is 4.81. The predicted octanol–water partition coefficient (Wildman–Crippen LogP) is 2.78. The molecule has 0 amide bonds. The van der Waals surface area contributed by atoms with Gasteiger partial charge in [-0.3, -0.25) is 0 Å². The first-order valence-electron chi connectivity index (χ1n) is 3.88. The van der Waals surface area contributed by atoms with Crippen molar-refractivity contribution in [1.82, 2.24) is 0 Å². The lowest BCUT2D eigenvalue weighted by Crippen LogP contribution is -2.29. The molecule has 1 aliphatic carbocycles. The van der Waals surface area contributed by atoms with Crippen LogP contribution in [0.3, 0.4) is 0 Å². The van der Waals surface area contributed by atoms with Crippen molar-refractivity contribution in [1.29, 1.82) is 0 Å². The fourth-order valence-electron chi connectivity index (χ4n) is 1.39. The number of alkyl halides is 1. The molecule has 1 saturated carbocycles. The molecule has 0 aliphatic heterocycles. The molecule has 1 heteroatoms. The number of hydrogen-bond donors (Lipinski definition) is 0. The Morgan fingerprint density at radius 1 is 1.56 bits per heavy atom. The summed E-state index contributed by atoms with van der Waals surface area (Å²) in [7, 11) is 0. The Morgan fingerprint density at radius 2 is 2.11 bits per heavy atom. The van der Waals surface area contributed by atoms with Gasteiger partial charge < -0.3 is 0 Å². The van der Waals surface area contributed by atoms with Gasteiger partial charge >= 0.3 is 0 Å². The molecule has 1 rings (SSSR count). The van der Waals surface area contributed by atoms with Crippen molar-refractivity contribution in [3.05, 3.63) is 0 Å². The van der Waals surface area contributed by atoms with Crippen molar-refractivity contribution in [2.75, 3.05) is 0 Å². The molecule has 0 saturated heterocycles. The van der Waals surface area contributed by atoms with Crippen LogP contribution >= 0.6 is 0 Å². The minimum absolute atomic E-state index is 0.469. The Bertz CT molecular complexity index is 84.6. The van der Waals surface area contributed by atoms with Gasteiger partial charge in [-0.1, -0.05) is 20.3 Å². The lowest BCUT2D eigenvalue weighted by molar-refractivity contribution is 0.0886. The van der Waals surface area contributed by atoms with Gasteiger partial charge in [-0.05, 0) is 24.7 Å². The second-order valence-electron chi connectivity index (χ2n) is 3.21. The highest BCUT2D eigenvalue weighted by Crippen LogP contribution is 2.36.